The summed E-state index contributed by atoms with van der Waals surface area (Å²) in [5, 5.41) is 12.2. The van der Waals surface area contributed by atoms with E-state index in [1.807, 2.05) is 72.8 Å². The predicted octanol–water partition coefficient (Wildman–Crippen LogP) is 5.28. The third-order valence-corrected chi connectivity index (χ3v) is 6.28. The summed E-state index contributed by atoms with van der Waals surface area (Å²) in [5.41, 5.74) is 7.03. The lowest BCUT2D eigenvalue weighted by Crippen LogP contribution is -2.42. The maximum absolute atomic E-state index is 12.6. The second-order valence-electron chi connectivity index (χ2n) is 8.51. The number of fused-ring (bicyclic) bond motifs is 3. The highest BCUT2D eigenvalue weighted by molar-refractivity contribution is 5.81. The van der Waals surface area contributed by atoms with Crippen molar-refractivity contribution in [1.82, 2.24) is 10.3 Å². The van der Waals surface area contributed by atoms with Crippen molar-refractivity contribution in [2.24, 2.45) is 0 Å². The number of carboxylic acid groups (broad SMARTS) is 1. The lowest BCUT2D eigenvalue weighted by Gasteiger charge is -2.17. The highest BCUT2D eigenvalue weighted by atomic mass is 16.5. The van der Waals surface area contributed by atoms with Crippen molar-refractivity contribution in [3.63, 3.8) is 0 Å². The van der Waals surface area contributed by atoms with E-state index < -0.39 is 18.1 Å². The van der Waals surface area contributed by atoms with Crippen LogP contribution in [0.5, 0.6) is 0 Å². The zero-order valence-electron chi connectivity index (χ0n) is 18.9. The van der Waals surface area contributed by atoms with Crippen LogP contribution in [-0.2, 0) is 16.0 Å². The number of carboxylic acids is 1. The first-order valence-corrected chi connectivity index (χ1v) is 11.4. The number of aliphatic carboxylic acids is 1. The molecule has 35 heavy (non-hydrogen) atoms. The van der Waals surface area contributed by atoms with E-state index in [4.69, 9.17) is 4.74 Å². The molecule has 1 aromatic heterocycles. The quantitative estimate of drug-likeness (QED) is 0.388. The minimum Gasteiger partial charge on any atom is -0.480 e. The van der Waals surface area contributed by atoms with Crippen molar-refractivity contribution in [2.75, 3.05) is 6.61 Å². The molecule has 6 nitrogen and oxygen atoms in total. The number of hydrogen-bond donors (Lipinski definition) is 2. The molecule has 6 heteroatoms. The summed E-state index contributed by atoms with van der Waals surface area (Å²) >= 11 is 0. The summed E-state index contributed by atoms with van der Waals surface area (Å²) < 4.78 is 5.52. The average molecular weight is 465 g/mol. The van der Waals surface area contributed by atoms with E-state index in [1.165, 1.54) is 0 Å². The Bertz CT molecular complexity index is 1320. The summed E-state index contributed by atoms with van der Waals surface area (Å²) in [6.07, 6.45) is 2.68. The summed E-state index contributed by atoms with van der Waals surface area (Å²) in [6, 6.07) is 26.6. The fourth-order valence-corrected chi connectivity index (χ4v) is 4.61. The van der Waals surface area contributed by atoms with E-state index in [9.17, 15) is 14.7 Å². The van der Waals surface area contributed by atoms with Gasteiger partial charge in [0, 0.05) is 30.3 Å². The van der Waals surface area contributed by atoms with E-state index >= 15 is 0 Å². The van der Waals surface area contributed by atoms with Gasteiger partial charge in [-0.1, -0.05) is 78.9 Å². The van der Waals surface area contributed by atoms with Crippen LogP contribution in [0.25, 0.3) is 22.3 Å². The zero-order valence-corrected chi connectivity index (χ0v) is 18.9. The molecule has 0 aliphatic heterocycles. The number of amides is 1. The Morgan fingerprint density at radius 2 is 1.49 bits per heavy atom. The van der Waals surface area contributed by atoms with Crippen LogP contribution in [0.4, 0.5) is 4.79 Å². The van der Waals surface area contributed by atoms with E-state index in [0.717, 1.165) is 33.4 Å². The third kappa shape index (κ3) is 4.77. The molecule has 0 fully saturated rings. The van der Waals surface area contributed by atoms with Gasteiger partial charge >= 0.3 is 12.1 Å². The Balaban J connectivity index is 1.26. The standard InChI is InChI=1S/C29H24N2O4/c32-28(33)27(15-19-14-21(17-30-16-19)20-8-2-1-3-9-20)31-29(34)35-18-26-24-12-6-4-10-22(24)23-11-5-7-13-25(23)26/h1-14,16-17,26-27H,15,18H2,(H,31,34)(H,32,33). The molecule has 1 unspecified atom stereocenters. The van der Waals surface area contributed by atoms with Gasteiger partial charge < -0.3 is 15.2 Å². The molecule has 3 aromatic carbocycles. The van der Waals surface area contributed by atoms with Gasteiger partial charge in [-0.05, 0) is 39.4 Å². The van der Waals surface area contributed by atoms with Crippen LogP contribution < -0.4 is 5.32 Å². The van der Waals surface area contributed by atoms with E-state index in [2.05, 4.69) is 22.4 Å². The maximum Gasteiger partial charge on any atom is 0.407 e. The van der Waals surface area contributed by atoms with Crippen LogP contribution in [0.2, 0.25) is 0 Å². The minimum absolute atomic E-state index is 0.0905. The molecule has 1 amide bonds. The number of alkyl carbamates (subject to hydrolysis) is 1. The molecule has 174 valence electrons. The first-order valence-electron chi connectivity index (χ1n) is 11.4. The number of nitrogens with one attached hydrogen (secondary N) is 1. The van der Waals surface area contributed by atoms with Gasteiger partial charge in [0.05, 0.1) is 0 Å². The largest absolute Gasteiger partial charge is 0.480 e. The highest BCUT2D eigenvalue weighted by Crippen LogP contribution is 2.44. The molecule has 1 aliphatic rings. The molecule has 0 radical (unpaired) electrons. The fourth-order valence-electron chi connectivity index (χ4n) is 4.61. The smallest absolute Gasteiger partial charge is 0.407 e. The summed E-state index contributed by atoms with van der Waals surface area (Å²) in [4.78, 5) is 28.7. The molecule has 1 aliphatic carbocycles. The van der Waals surface area contributed by atoms with Gasteiger partial charge in [0.2, 0.25) is 0 Å². The van der Waals surface area contributed by atoms with Crippen LogP contribution in [-0.4, -0.2) is 34.8 Å². The number of hydrogen-bond acceptors (Lipinski definition) is 4. The van der Waals surface area contributed by atoms with Gasteiger partial charge in [-0.2, -0.15) is 0 Å². The second kappa shape index (κ2) is 9.81. The normalized spacial score (nSPS) is 12.9. The number of benzene rings is 3. The maximum atomic E-state index is 12.6. The molecule has 0 saturated heterocycles. The van der Waals surface area contributed by atoms with Crippen molar-refractivity contribution in [2.45, 2.75) is 18.4 Å². The van der Waals surface area contributed by atoms with Crippen LogP contribution in [0, 0.1) is 0 Å². The lowest BCUT2D eigenvalue weighted by atomic mass is 9.98. The third-order valence-electron chi connectivity index (χ3n) is 6.28. The van der Waals surface area contributed by atoms with Gasteiger partial charge in [0.1, 0.15) is 12.6 Å². The van der Waals surface area contributed by atoms with Crippen molar-refractivity contribution in [1.29, 1.82) is 0 Å². The number of rotatable bonds is 7. The number of carbonyl (C=O) groups is 2. The Kier molecular flexibility index (Phi) is 6.26. The average Bonchev–Trinajstić information content (AvgIpc) is 3.21. The van der Waals surface area contributed by atoms with Crippen molar-refractivity contribution < 1.29 is 19.4 Å². The van der Waals surface area contributed by atoms with Gasteiger partial charge in [0.25, 0.3) is 0 Å². The van der Waals surface area contributed by atoms with Crippen LogP contribution in [0.3, 0.4) is 0 Å². The van der Waals surface area contributed by atoms with Crippen molar-refractivity contribution >= 4 is 12.1 Å². The topological polar surface area (TPSA) is 88.5 Å². The van der Waals surface area contributed by atoms with Crippen LogP contribution in [0.15, 0.2) is 97.3 Å². The van der Waals surface area contributed by atoms with Gasteiger partial charge in [0.15, 0.2) is 0 Å². The molecule has 1 heterocycles. The van der Waals surface area contributed by atoms with Gasteiger partial charge in [-0.3, -0.25) is 4.98 Å². The first kappa shape index (κ1) is 22.3. The van der Waals surface area contributed by atoms with E-state index in [0.29, 0.717) is 5.56 Å². The number of pyridine rings is 1. The zero-order chi connectivity index (χ0) is 24.2. The summed E-state index contributed by atoms with van der Waals surface area (Å²) in [7, 11) is 0. The SMILES string of the molecule is O=C(NC(Cc1cncc(-c2ccccc2)c1)C(=O)O)OCC1c2ccccc2-c2ccccc21. The van der Waals surface area contributed by atoms with Crippen LogP contribution in [0.1, 0.15) is 22.6 Å². The number of ether oxygens (including phenoxy) is 1. The Hall–Kier alpha value is -4.45. The second-order valence-corrected chi connectivity index (χ2v) is 8.51. The molecular formula is C29H24N2O4. The molecular weight excluding hydrogens is 440 g/mol. The number of aromatic nitrogens is 1. The predicted molar refractivity (Wildman–Crippen MR) is 133 cm³/mol. The molecule has 0 spiro atoms. The molecule has 4 aromatic rings. The summed E-state index contributed by atoms with van der Waals surface area (Å²) in [5.74, 6) is -1.23. The molecule has 0 bridgehead atoms. The molecule has 2 N–H and O–H groups in total. The van der Waals surface area contributed by atoms with Crippen molar-refractivity contribution in [3.05, 3.63) is 114 Å². The molecule has 1 atom stereocenters. The Labute approximate surface area is 203 Å². The number of carbonyl (C=O) groups excluding carboxylic acids is 1. The van der Waals surface area contributed by atoms with Crippen LogP contribution >= 0.6 is 0 Å². The Morgan fingerprint density at radius 1 is 0.857 bits per heavy atom. The van der Waals surface area contributed by atoms with Gasteiger partial charge in [-0.25, -0.2) is 9.59 Å². The molecule has 0 saturated carbocycles. The minimum atomic E-state index is -1.14. The monoisotopic (exact) mass is 464 g/mol. The highest BCUT2D eigenvalue weighted by Gasteiger charge is 2.29. The number of nitrogens with zero attached hydrogens (tertiary/aromatic N) is 1. The first-order chi connectivity index (χ1) is 17.1. The molecule has 5 rings (SSSR count). The van der Waals surface area contributed by atoms with Crippen molar-refractivity contribution in [3.8, 4) is 22.3 Å². The summed E-state index contributed by atoms with van der Waals surface area (Å²) in [6.45, 7) is 0.122. The van der Waals surface area contributed by atoms with Gasteiger partial charge in [-0.15, -0.1) is 0 Å². The van der Waals surface area contributed by atoms with E-state index in [1.54, 1.807) is 12.4 Å². The Morgan fingerprint density at radius 3 is 2.14 bits per heavy atom. The van der Waals surface area contributed by atoms with E-state index in [-0.39, 0.29) is 18.9 Å². The lowest BCUT2D eigenvalue weighted by molar-refractivity contribution is -0.139. The fraction of sp³-hybridized carbons (Fsp3) is 0.138.